The summed E-state index contributed by atoms with van der Waals surface area (Å²) in [5, 5.41) is 23.2. The van der Waals surface area contributed by atoms with Gasteiger partial charge < -0.3 is 25.0 Å². The second kappa shape index (κ2) is 8.61. The Morgan fingerprint density at radius 1 is 1.30 bits per heavy atom. The van der Waals surface area contributed by atoms with Crippen LogP contribution in [0.5, 0.6) is 11.5 Å². The van der Waals surface area contributed by atoms with Gasteiger partial charge in [0.15, 0.2) is 11.5 Å². The molecule has 144 valence electrons. The Balaban J connectivity index is 1.54. The van der Waals surface area contributed by atoms with E-state index >= 15 is 0 Å². The Morgan fingerprint density at radius 3 is 2.85 bits per heavy atom. The third-order valence-corrected chi connectivity index (χ3v) is 4.61. The molecule has 0 bridgehead atoms. The molecule has 0 radical (unpaired) electrons. The van der Waals surface area contributed by atoms with E-state index in [1.165, 1.54) is 0 Å². The average molecular weight is 392 g/mol. The summed E-state index contributed by atoms with van der Waals surface area (Å²) in [6.07, 6.45) is -0.891. The highest BCUT2D eigenvalue weighted by Gasteiger charge is 2.27. The van der Waals surface area contributed by atoms with Gasteiger partial charge in [-0.3, -0.25) is 0 Å². The number of nitrogens with one attached hydrogen (secondary N) is 1. The summed E-state index contributed by atoms with van der Waals surface area (Å²) >= 11 is 5.96. The molecule has 1 heterocycles. The Morgan fingerprint density at radius 2 is 2.11 bits per heavy atom. The Kier molecular flexibility index (Phi) is 6.21. The zero-order valence-electron chi connectivity index (χ0n) is 14.9. The highest BCUT2D eigenvalue weighted by Crippen LogP contribution is 2.33. The molecular weight excluding hydrogens is 370 g/mol. The number of benzene rings is 2. The molecule has 2 aromatic carbocycles. The lowest BCUT2D eigenvalue weighted by molar-refractivity contribution is -0.147. The molecule has 1 unspecified atom stereocenters. The van der Waals surface area contributed by atoms with E-state index in [0.717, 1.165) is 17.5 Å². The van der Waals surface area contributed by atoms with Crippen molar-refractivity contribution >= 4 is 17.6 Å². The zero-order valence-corrected chi connectivity index (χ0v) is 15.6. The molecule has 3 N–H and O–H groups in total. The van der Waals surface area contributed by atoms with Crippen LogP contribution in [-0.2, 0) is 11.2 Å². The molecule has 3 rings (SSSR count). The van der Waals surface area contributed by atoms with E-state index in [-0.39, 0.29) is 12.6 Å². The van der Waals surface area contributed by atoms with Gasteiger partial charge in [0.2, 0.25) is 6.10 Å². The molecule has 0 saturated carbocycles. The van der Waals surface area contributed by atoms with Gasteiger partial charge in [0.05, 0.1) is 6.10 Å². The third-order valence-electron chi connectivity index (χ3n) is 4.38. The molecule has 7 heteroatoms. The van der Waals surface area contributed by atoms with Gasteiger partial charge in [0.1, 0.15) is 6.61 Å². The van der Waals surface area contributed by atoms with Gasteiger partial charge in [0.25, 0.3) is 0 Å². The van der Waals surface area contributed by atoms with Crippen molar-refractivity contribution in [3.05, 3.63) is 58.6 Å². The molecule has 6 nitrogen and oxygen atoms in total. The summed E-state index contributed by atoms with van der Waals surface area (Å²) in [7, 11) is 0. The third kappa shape index (κ3) is 5.13. The van der Waals surface area contributed by atoms with Gasteiger partial charge in [-0.25, -0.2) is 4.79 Å². The van der Waals surface area contributed by atoms with E-state index in [9.17, 15) is 9.90 Å². The van der Waals surface area contributed by atoms with Gasteiger partial charge in [-0.05, 0) is 48.7 Å². The Labute approximate surface area is 162 Å². The van der Waals surface area contributed by atoms with Crippen LogP contribution in [0.3, 0.4) is 0 Å². The van der Waals surface area contributed by atoms with Crippen LogP contribution in [0.25, 0.3) is 0 Å². The Bertz CT molecular complexity index is 813. The fourth-order valence-electron chi connectivity index (χ4n) is 2.93. The fraction of sp³-hybridized carbons (Fsp3) is 0.350. The van der Waals surface area contributed by atoms with Crippen molar-refractivity contribution in [1.82, 2.24) is 5.32 Å². The van der Waals surface area contributed by atoms with Crippen molar-refractivity contribution in [1.29, 1.82) is 0 Å². The van der Waals surface area contributed by atoms with Crippen LogP contribution in [0, 0.1) is 0 Å². The van der Waals surface area contributed by atoms with Crippen molar-refractivity contribution in [2.75, 3.05) is 13.2 Å². The number of hydrogen-bond acceptors (Lipinski definition) is 5. The first-order chi connectivity index (χ1) is 12.9. The lowest BCUT2D eigenvalue weighted by atomic mass is 10.0. The van der Waals surface area contributed by atoms with E-state index in [4.69, 9.17) is 26.2 Å². The summed E-state index contributed by atoms with van der Waals surface area (Å²) in [4.78, 5) is 11.0. The summed E-state index contributed by atoms with van der Waals surface area (Å²) in [6.45, 7) is 2.43. The second-order valence-electron chi connectivity index (χ2n) is 6.62. The lowest BCUT2D eigenvalue weighted by Gasteiger charge is -2.24. The van der Waals surface area contributed by atoms with Gasteiger partial charge in [0, 0.05) is 17.6 Å². The fourth-order valence-corrected chi connectivity index (χ4v) is 3.13. The summed E-state index contributed by atoms with van der Waals surface area (Å²) in [6, 6.07) is 12.8. The number of aliphatic hydroxyl groups excluding tert-OH is 1. The van der Waals surface area contributed by atoms with E-state index in [2.05, 4.69) is 5.32 Å². The zero-order chi connectivity index (χ0) is 19.4. The molecule has 0 spiro atoms. The number of aliphatic hydroxyl groups is 1. The number of carboxylic acid groups (broad SMARTS) is 1. The minimum Gasteiger partial charge on any atom is -0.485 e. The molecule has 0 amide bonds. The predicted octanol–water partition coefficient (Wildman–Crippen LogP) is 2.82. The average Bonchev–Trinajstić information content (AvgIpc) is 2.65. The van der Waals surface area contributed by atoms with Gasteiger partial charge in [-0.15, -0.1) is 0 Å². The number of carbonyl (C=O) groups is 1. The van der Waals surface area contributed by atoms with Crippen molar-refractivity contribution in [2.24, 2.45) is 0 Å². The highest BCUT2D eigenvalue weighted by atomic mass is 35.5. The molecular formula is C20H22ClNO5. The minimum atomic E-state index is -1.04. The molecule has 0 fully saturated rings. The van der Waals surface area contributed by atoms with Crippen molar-refractivity contribution < 1.29 is 24.5 Å². The first-order valence-electron chi connectivity index (χ1n) is 8.74. The molecule has 2 aromatic rings. The van der Waals surface area contributed by atoms with E-state index in [1.54, 1.807) is 18.2 Å². The minimum absolute atomic E-state index is 0.00851. The lowest BCUT2D eigenvalue weighted by Crippen LogP contribution is -2.36. The molecule has 1 aliphatic heterocycles. The van der Waals surface area contributed by atoms with Crippen LogP contribution in [0.4, 0.5) is 0 Å². The van der Waals surface area contributed by atoms with Crippen LogP contribution in [0.1, 0.15) is 24.2 Å². The molecule has 1 aliphatic rings. The Hall–Kier alpha value is -2.28. The standard InChI is InChI=1S/C20H22ClNO5/c1-12(22-10-16(23)14-3-2-4-15(21)9-14)7-13-5-6-17-18(8-13)26-11-19(27-17)20(24)25/h2-6,8-9,12,16,19,22-23H,7,10-11H2,1H3,(H,24,25)/t12-,16?,19+/m1/s1. The van der Waals surface area contributed by atoms with E-state index in [0.29, 0.717) is 23.1 Å². The van der Waals surface area contributed by atoms with Crippen LogP contribution < -0.4 is 14.8 Å². The van der Waals surface area contributed by atoms with E-state index < -0.39 is 18.2 Å². The first-order valence-corrected chi connectivity index (χ1v) is 9.12. The first kappa shape index (κ1) is 19.5. The summed E-state index contributed by atoms with van der Waals surface area (Å²) in [5.74, 6) is -0.0497. The number of fused-ring (bicyclic) bond motifs is 1. The maximum Gasteiger partial charge on any atom is 0.348 e. The molecule has 0 aliphatic carbocycles. The van der Waals surface area contributed by atoms with Crippen LogP contribution >= 0.6 is 11.6 Å². The number of hydrogen-bond donors (Lipinski definition) is 3. The molecule has 0 aromatic heterocycles. The molecule has 0 saturated heterocycles. The monoisotopic (exact) mass is 391 g/mol. The maximum atomic E-state index is 11.0. The van der Waals surface area contributed by atoms with Gasteiger partial charge in [-0.2, -0.15) is 0 Å². The van der Waals surface area contributed by atoms with E-state index in [1.807, 2.05) is 31.2 Å². The summed E-state index contributed by atoms with van der Waals surface area (Å²) in [5.41, 5.74) is 1.80. The number of carboxylic acids is 1. The van der Waals surface area contributed by atoms with Crippen molar-refractivity contribution in [3.63, 3.8) is 0 Å². The van der Waals surface area contributed by atoms with Crippen LogP contribution in [0.15, 0.2) is 42.5 Å². The number of aliphatic carboxylic acids is 1. The van der Waals surface area contributed by atoms with Crippen LogP contribution in [-0.4, -0.2) is 41.5 Å². The SMILES string of the molecule is C[C@H](Cc1ccc2c(c1)OC[C@@H](C(=O)O)O2)NCC(O)c1cccc(Cl)c1. The smallest absolute Gasteiger partial charge is 0.348 e. The quantitative estimate of drug-likeness (QED) is 0.672. The normalized spacial score (nSPS) is 18.0. The predicted molar refractivity (Wildman–Crippen MR) is 102 cm³/mol. The highest BCUT2D eigenvalue weighted by molar-refractivity contribution is 6.30. The van der Waals surface area contributed by atoms with Gasteiger partial charge in [-0.1, -0.05) is 29.8 Å². The van der Waals surface area contributed by atoms with Gasteiger partial charge >= 0.3 is 5.97 Å². The second-order valence-corrected chi connectivity index (χ2v) is 7.06. The molecule has 3 atom stereocenters. The van der Waals surface area contributed by atoms with Crippen molar-refractivity contribution in [3.8, 4) is 11.5 Å². The number of rotatable bonds is 7. The number of ether oxygens (including phenoxy) is 2. The topological polar surface area (TPSA) is 88.0 Å². The van der Waals surface area contributed by atoms with Crippen molar-refractivity contribution in [2.45, 2.75) is 31.6 Å². The summed E-state index contributed by atoms with van der Waals surface area (Å²) < 4.78 is 10.9. The largest absolute Gasteiger partial charge is 0.485 e. The maximum absolute atomic E-state index is 11.0. The van der Waals surface area contributed by atoms with Crippen LogP contribution in [0.2, 0.25) is 5.02 Å². The molecule has 27 heavy (non-hydrogen) atoms. The number of halogens is 1.